The quantitative estimate of drug-likeness (QED) is 0.892. The minimum atomic E-state index is -2.00. The van der Waals surface area contributed by atoms with Crippen LogP contribution in [0.4, 0.5) is 13.2 Å². The Morgan fingerprint density at radius 2 is 1.72 bits per heavy atom. The highest BCUT2D eigenvalue weighted by Gasteiger charge is 2.32. The Balaban J connectivity index is 2.61. The maximum atomic E-state index is 13.6. The maximum absolute atomic E-state index is 13.6. The Labute approximate surface area is 102 Å². The van der Waals surface area contributed by atoms with Crippen molar-refractivity contribution in [2.75, 3.05) is 0 Å². The van der Waals surface area contributed by atoms with Crippen molar-refractivity contribution in [2.24, 2.45) is 0 Å². The van der Waals surface area contributed by atoms with Gasteiger partial charge in [0.1, 0.15) is 23.1 Å². The summed E-state index contributed by atoms with van der Waals surface area (Å²) >= 11 is 0. The molecule has 1 aromatic heterocycles. The van der Waals surface area contributed by atoms with Crippen LogP contribution < -0.4 is 0 Å². The minimum Gasteiger partial charge on any atom is -0.380 e. The molecule has 0 amide bonds. The molecule has 2 aromatic rings. The zero-order valence-corrected chi connectivity index (χ0v) is 9.49. The lowest BCUT2D eigenvalue weighted by Crippen LogP contribution is -2.26. The van der Waals surface area contributed by atoms with Crippen LogP contribution in [0.25, 0.3) is 0 Å². The average Bonchev–Trinajstić information content (AvgIpc) is 2.28. The largest absolute Gasteiger partial charge is 0.380 e. The van der Waals surface area contributed by atoms with E-state index in [0.29, 0.717) is 0 Å². The predicted octanol–water partition coefficient (Wildman–Crippen LogP) is 2.75. The number of aromatic nitrogens is 1. The Hall–Kier alpha value is -1.88. The van der Waals surface area contributed by atoms with Gasteiger partial charge in [-0.15, -0.1) is 0 Å². The zero-order valence-electron chi connectivity index (χ0n) is 9.49. The van der Waals surface area contributed by atoms with Crippen molar-refractivity contribution in [3.63, 3.8) is 0 Å². The van der Waals surface area contributed by atoms with E-state index in [4.69, 9.17) is 0 Å². The molecule has 0 aliphatic rings. The summed E-state index contributed by atoms with van der Waals surface area (Å²) in [4.78, 5) is 3.56. The molecule has 0 aliphatic carbocycles. The van der Waals surface area contributed by atoms with Crippen LogP contribution in [0, 0.1) is 17.5 Å². The second-order valence-corrected chi connectivity index (χ2v) is 4.06. The number of halogens is 3. The Morgan fingerprint density at radius 1 is 1.11 bits per heavy atom. The van der Waals surface area contributed by atoms with Crippen molar-refractivity contribution in [3.8, 4) is 0 Å². The van der Waals surface area contributed by atoms with Crippen LogP contribution in [0.3, 0.4) is 0 Å². The van der Waals surface area contributed by atoms with Gasteiger partial charge in [-0.1, -0.05) is 6.07 Å². The molecule has 0 radical (unpaired) electrons. The molecule has 2 rings (SSSR count). The number of aliphatic hydroxyl groups is 1. The van der Waals surface area contributed by atoms with E-state index in [2.05, 4.69) is 4.98 Å². The molecule has 0 saturated carbocycles. The fraction of sp³-hybridized carbons (Fsp3) is 0.154. The van der Waals surface area contributed by atoms with Crippen molar-refractivity contribution in [3.05, 3.63) is 65.2 Å². The van der Waals surface area contributed by atoms with Gasteiger partial charge in [-0.25, -0.2) is 13.2 Å². The molecular formula is C13H10F3NO. The zero-order chi connectivity index (χ0) is 13.3. The molecule has 0 fully saturated rings. The monoisotopic (exact) mass is 253 g/mol. The van der Waals surface area contributed by atoms with Gasteiger partial charge in [-0.3, -0.25) is 4.98 Å². The summed E-state index contributed by atoms with van der Waals surface area (Å²) in [5, 5.41) is 10.3. The van der Waals surface area contributed by atoms with Crippen LogP contribution in [0.5, 0.6) is 0 Å². The summed E-state index contributed by atoms with van der Waals surface area (Å²) in [5.74, 6) is -2.49. The highest BCUT2D eigenvalue weighted by Crippen LogP contribution is 2.32. The number of hydrogen-bond donors (Lipinski definition) is 1. The van der Waals surface area contributed by atoms with Gasteiger partial charge in [-0.2, -0.15) is 0 Å². The van der Waals surface area contributed by atoms with Crippen LogP contribution in [-0.4, -0.2) is 10.1 Å². The number of nitrogens with zero attached hydrogens (tertiary/aromatic N) is 1. The van der Waals surface area contributed by atoms with E-state index in [0.717, 1.165) is 30.6 Å². The van der Waals surface area contributed by atoms with Crippen LogP contribution >= 0.6 is 0 Å². The van der Waals surface area contributed by atoms with E-state index in [1.807, 2.05) is 0 Å². The predicted molar refractivity (Wildman–Crippen MR) is 59.2 cm³/mol. The molecule has 94 valence electrons. The van der Waals surface area contributed by atoms with Gasteiger partial charge in [0.05, 0.1) is 11.8 Å². The summed E-state index contributed by atoms with van der Waals surface area (Å²) in [7, 11) is 0. The molecule has 1 heterocycles. The van der Waals surface area contributed by atoms with E-state index in [-0.39, 0.29) is 5.56 Å². The SMILES string of the molecule is CC(O)(c1cncc(F)c1)c1c(F)cccc1F. The highest BCUT2D eigenvalue weighted by molar-refractivity contribution is 5.35. The first-order chi connectivity index (χ1) is 8.43. The average molecular weight is 253 g/mol. The lowest BCUT2D eigenvalue weighted by Gasteiger charge is -2.25. The molecule has 1 aromatic carbocycles. The molecule has 1 N–H and O–H groups in total. The molecule has 0 spiro atoms. The Morgan fingerprint density at radius 3 is 2.28 bits per heavy atom. The summed E-state index contributed by atoms with van der Waals surface area (Å²) in [6.07, 6.45) is 2.10. The fourth-order valence-electron chi connectivity index (χ4n) is 1.79. The van der Waals surface area contributed by atoms with E-state index in [9.17, 15) is 18.3 Å². The first-order valence-corrected chi connectivity index (χ1v) is 5.21. The van der Waals surface area contributed by atoms with Crippen molar-refractivity contribution in [1.29, 1.82) is 0 Å². The molecule has 1 atom stereocenters. The van der Waals surface area contributed by atoms with Gasteiger partial charge in [0.25, 0.3) is 0 Å². The summed E-state index contributed by atoms with van der Waals surface area (Å²) in [5.41, 5.74) is -2.55. The molecule has 0 saturated heterocycles. The molecule has 5 heteroatoms. The van der Waals surface area contributed by atoms with E-state index in [1.54, 1.807) is 0 Å². The maximum Gasteiger partial charge on any atom is 0.141 e. The van der Waals surface area contributed by atoms with Crippen molar-refractivity contribution < 1.29 is 18.3 Å². The second kappa shape index (κ2) is 4.42. The molecule has 2 nitrogen and oxygen atoms in total. The molecule has 0 aliphatic heterocycles. The molecule has 1 unspecified atom stereocenters. The molecular weight excluding hydrogens is 243 g/mol. The number of benzene rings is 1. The summed E-state index contributed by atoms with van der Waals surface area (Å²) < 4.78 is 40.3. The van der Waals surface area contributed by atoms with Gasteiger partial charge >= 0.3 is 0 Å². The van der Waals surface area contributed by atoms with E-state index < -0.39 is 28.6 Å². The normalized spacial score (nSPS) is 14.3. The van der Waals surface area contributed by atoms with Gasteiger partial charge in [0, 0.05) is 11.8 Å². The van der Waals surface area contributed by atoms with Gasteiger partial charge in [-0.05, 0) is 25.1 Å². The number of rotatable bonds is 2. The first-order valence-electron chi connectivity index (χ1n) is 5.21. The van der Waals surface area contributed by atoms with Crippen LogP contribution in [0.2, 0.25) is 0 Å². The molecule has 0 bridgehead atoms. The van der Waals surface area contributed by atoms with Gasteiger partial charge in [0.2, 0.25) is 0 Å². The first kappa shape index (κ1) is 12.6. The van der Waals surface area contributed by atoms with E-state index in [1.165, 1.54) is 13.0 Å². The second-order valence-electron chi connectivity index (χ2n) is 4.06. The Kier molecular flexibility index (Phi) is 3.09. The topological polar surface area (TPSA) is 33.1 Å². The summed E-state index contributed by atoms with van der Waals surface area (Å²) in [6, 6.07) is 4.23. The highest BCUT2D eigenvalue weighted by atomic mass is 19.1. The number of hydrogen-bond acceptors (Lipinski definition) is 2. The fourth-order valence-corrected chi connectivity index (χ4v) is 1.79. The van der Waals surface area contributed by atoms with Crippen molar-refractivity contribution >= 4 is 0 Å². The van der Waals surface area contributed by atoms with Crippen molar-refractivity contribution in [1.82, 2.24) is 4.98 Å². The molecule has 18 heavy (non-hydrogen) atoms. The smallest absolute Gasteiger partial charge is 0.141 e. The third-order valence-corrected chi connectivity index (χ3v) is 2.72. The van der Waals surface area contributed by atoms with Crippen molar-refractivity contribution in [2.45, 2.75) is 12.5 Å². The number of pyridine rings is 1. The van der Waals surface area contributed by atoms with Crippen LogP contribution in [-0.2, 0) is 5.60 Å². The summed E-state index contributed by atoms with van der Waals surface area (Å²) in [6.45, 7) is 1.19. The Bertz CT molecular complexity index is 564. The third-order valence-electron chi connectivity index (χ3n) is 2.72. The van der Waals surface area contributed by atoms with Crippen LogP contribution in [0.1, 0.15) is 18.1 Å². The van der Waals surface area contributed by atoms with Gasteiger partial charge in [0.15, 0.2) is 0 Å². The minimum absolute atomic E-state index is 0.0218. The standard InChI is InChI=1S/C13H10F3NO/c1-13(18,8-5-9(14)7-17-6-8)12-10(15)3-2-4-11(12)16/h2-7,18H,1H3. The van der Waals surface area contributed by atoms with Crippen LogP contribution in [0.15, 0.2) is 36.7 Å². The van der Waals surface area contributed by atoms with Gasteiger partial charge < -0.3 is 5.11 Å². The van der Waals surface area contributed by atoms with E-state index >= 15 is 0 Å². The third kappa shape index (κ3) is 2.09. The lowest BCUT2D eigenvalue weighted by atomic mass is 9.88. The lowest BCUT2D eigenvalue weighted by molar-refractivity contribution is 0.0926.